The fraction of sp³-hybridized carbons (Fsp3) is 0.946. The molecule has 0 radical (unpaired) electrons. The molecule has 43 heavy (non-hydrogen) atoms. The second-order valence-electron chi connectivity index (χ2n) is 13.0. The smallest absolute Gasteiger partial charge is 0.726 e. The van der Waals surface area contributed by atoms with Crippen molar-refractivity contribution in [1.29, 1.82) is 0 Å². The fourth-order valence-electron chi connectivity index (χ4n) is 5.93. The molecule has 4 nitrogen and oxygen atoms in total. The maximum absolute atomic E-state index is 11.0. The first-order valence-corrected chi connectivity index (χ1v) is 20.1. The molecule has 0 N–H and O–H groups in total. The van der Waals surface area contributed by atoms with Gasteiger partial charge >= 0.3 is 29.6 Å². The van der Waals surface area contributed by atoms with E-state index in [2.05, 4.69) is 30.2 Å². The van der Waals surface area contributed by atoms with Crippen LogP contribution in [0.2, 0.25) is 0 Å². The largest absolute Gasteiger partial charge is 1.00 e. The Kier molecular flexibility index (Phi) is 39.4. The molecule has 0 rings (SSSR count). The second-order valence-corrected chi connectivity index (χ2v) is 14.1. The summed E-state index contributed by atoms with van der Waals surface area (Å²) in [6, 6.07) is 0. The van der Waals surface area contributed by atoms with Crippen LogP contribution in [-0.4, -0.2) is 19.6 Å². The molecule has 0 spiro atoms. The van der Waals surface area contributed by atoms with Crippen LogP contribution in [0.15, 0.2) is 12.2 Å². The van der Waals surface area contributed by atoms with Crippen molar-refractivity contribution < 1.29 is 46.7 Å². The second kappa shape index (κ2) is 37.1. The van der Waals surface area contributed by atoms with Gasteiger partial charge in [-0.3, -0.25) is 4.18 Å². The van der Waals surface area contributed by atoms with Gasteiger partial charge in [0.05, 0.1) is 6.61 Å². The van der Waals surface area contributed by atoms with Crippen molar-refractivity contribution in [3.8, 4) is 0 Å². The molecule has 0 aliphatic heterocycles. The fourth-order valence-corrected chi connectivity index (χ4v) is 6.27. The Balaban J connectivity index is 0. The molecule has 252 valence electrons. The third-order valence-electron chi connectivity index (χ3n) is 8.74. The monoisotopic (exact) mass is 637 g/mol. The quantitative estimate of drug-likeness (QED) is 0.0228. The molecule has 0 amide bonds. The minimum absolute atomic E-state index is 0. The average Bonchev–Trinajstić information content (AvgIpc) is 2.96. The molecule has 0 aromatic rings. The molecular formula is C37H73NaO4S. The Morgan fingerprint density at radius 3 is 1.14 bits per heavy atom. The van der Waals surface area contributed by atoms with Gasteiger partial charge in [0.15, 0.2) is 0 Å². The molecule has 6 heteroatoms. The Hall–Kier alpha value is 0.610. The van der Waals surface area contributed by atoms with Crippen LogP contribution in [0.1, 0.15) is 213 Å². The summed E-state index contributed by atoms with van der Waals surface area (Å²) in [4.78, 5) is 0. The van der Waals surface area contributed by atoms with E-state index in [0.29, 0.717) is 0 Å². The normalized spacial score (nSPS) is 12.6. The molecular weight excluding hydrogens is 563 g/mol. The molecule has 0 aliphatic carbocycles. The van der Waals surface area contributed by atoms with Crippen LogP contribution < -0.4 is 29.6 Å². The van der Waals surface area contributed by atoms with E-state index in [1.54, 1.807) is 0 Å². The summed E-state index contributed by atoms with van der Waals surface area (Å²) in [7, 11) is -4.62. The minimum atomic E-state index is -4.62. The molecule has 1 atom stereocenters. The van der Waals surface area contributed by atoms with Crippen LogP contribution in [0.4, 0.5) is 0 Å². The van der Waals surface area contributed by atoms with Crippen molar-refractivity contribution in [2.45, 2.75) is 213 Å². The first-order chi connectivity index (χ1) is 20.5. The van der Waals surface area contributed by atoms with Gasteiger partial charge in [-0.25, -0.2) is 8.42 Å². The van der Waals surface area contributed by atoms with Gasteiger partial charge < -0.3 is 4.55 Å². The van der Waals surface area contributed by atoms with Crippen LogP contribution in [-0.2, 0) is 14.6 Å². The third-order valence-corrected chi connectivity index (χ3v) is 9.16. The maximum atomic E-state index is 11.0. The minimum Gasteiger partial charge on any atom is -0.726 e. The molecule has 0 saturated heterocycles. The first kappa shape index (κ1) is 45.7. The summed E-state index contributed by atoms with van der Waals surface area (Å²) in [5.74, 6) is 0.0161. The van der Waals surface area contributed by atoms with Crippen LogP contribution in [0.25, 0.3) is 0 Å². The zero-order chi connectivity index (χ0) is 30.8. The van der Waals surface area contributed by atoms with E-state index in [-0.39, 0.29) is 42.1 Å². The Morgan fingerprint density at radius 1 is 0.512 bits per heavy atom. The van der Waals surface area contributed by atoms with Gasteiger partial charge in [0.1, 0.15) is 0 Å². The van der Waals surface area contributed by atoms with E-state index in [9.17, 15) is 13.0 Å². The molecule has 0 aliphatic rings. The zero-order valence-corrected chi connectivity index (χ0v) is 32.2. The van der Waals surface area contributed by atoms with Crippen molar-refractivity contribution in [3.63, 3.8) is 0 Å². The van der Waals surface area contributed by atoms with Crippen molar-refractivity contribution in [1.82, 2.24) is 0 Å². The van der Waals surface area contributed by atoms with Crippen molar-refractivity contribution >= 4 is 10.4 Å². The summed E-state index contributed by atoms with van der Waals surface area (Å²) in [5, 5.41) is 0. The number of unbranched alkanes of at least 4 members (excludes halogenated alkanes) is 28. The van der Waals surface area contributed by atoms with E-state index in [1.807, 2.05) is 0 Å². The summed E-state index contributed by atoms with van der Waals surface area (Å²) < 4.78 is 37.5. The maximum Gasteiger partial charge on any atom is 1.00 e. The molecule has 1 unspecified atom stereocenters. The summed E-state index contributed by atoms with van der Waals surface area (Å²) in [5.41, 5.74) is 0. The van der Waals surface area contributed by atoms with Crippen LogP contribution in [0.5, 0.6) is 0 Å². The van der Waals surface area contributed by atoms with Crippen molar-refractivity contribution in [2.24, 2.45) is 5.92 Å². The topological polar surface area (TPSA) is 66.4 Å². The summed E-state index contributed by atoms with van der Waals surface area (Å²) in [6.07, 6.45) is 45.3. The van der Waals surface area contributed by atoms with Gasteiger partial charge in [0, 0.05) is 5.92 Å². The Labute approximate surface area is 293 Å². The van der Waals surface area contributed by atoms with Gasteiger partial charge in [-0.05, 0) is 19.3 Å². The molecule has 0 heterocycles. The number of hydrogen-bond acceptors (Lipinski definition) is 4. The average molecular weight is 637 g/mol. The Bertz CT molecular complexity index is 653. The van der Waals surface area contributed by atoms with Gasteiger partial charge in [0.25, 0.3) is 0 Å². The molecule has 0 saturated carbocycles. The zero-order valence-electron chi connectivity index (χ0n) is 29.4. The van der Waals surface area contributed by atoms with Gasteiger partial charge in [-0.15, -0.1) is 0 Å². The standard InChI is InChI=1S/C37H74O4S.Na/c1-3-5-7-9-11-13-15-17-19-20-21-23-25-27-29-31-33-35-37(36-41-42(38,39)40)34-32-30-28-26-24-22-18-16-14-12-10-8-6-4-2;/h32,34,37H,3-31,33,35-36H2,1-2H3,(H,38,39,40);/q;+1/p-1/b34-32+;. The van der Waals surface area contributed by atoms with Gasteiger partial charge in [0.2, 0.25) is 10.4 Å². The van der Waals surface area contributed by atoms with E-state index < -0.39 is 10.4 Å². The van der Waals surface area contributed by atoms with E-state index in [4.69, 9.17) is 0 Å². The number of allylic oxidation sites excluding steroid dienone is 1. The van der Waals surface area contributed by atoms with E-state index in [1.165, 1.54) is 180 Å². The van der Waals surface area contributed by atoms with Crippen LogP contribution >= 0.6 is 0 Å². The van der Waals surface area contributed by atoms with Crippen LogP contribution in [0, 0.1) is 5.92 Å². The van der Waals surface area contributed by atoms with Crippen LogP contribution in [0.3, 0.4) is 0 Å². The van der Waals surface area contributed by atoms with Crippen molar-refractivity contribution in [2.75, 3.05) is 6.61 Å². The predicted molar refractivity (Wildman–Crippen MR) is 183 cm³/mol. The first-order valence-electron chi connectivity index (χ1n) is 18.8. The number of hydrogen-bond donors (Lipinski definition) is 0. The van der Waals surface area contributed by atoms with Gasteiger partial charge in [-0.1, -0.05) is 206 Å². The van der Waals surface area contributed by atoms with Crippen molar-refractivity contribution in [3.05, 3.63) is 12.2 Å². The summed E-state index contributed by atoms with van der Waals surface area (Å²) in [6.45, 7) is 4.54. The molecule has 0 fully saturated rings. The molecule has 0 aromatic heterocycles. The SMILES string of the molecule is CCCCCCCCCCCCCC/C=C/C(CCCCCCCCCCCCCCCCCCC)COS(=O)(=O)[O-].[Na+]. The van der Waals surface area contributed by atoms with E-state index in [0.717, 1.165) is 19.3 Å². The number of rotatable bonds is 35. The third kappa shape index (κ3) is 40.6. The van der Waals surface area contributed by atoms with E-state index >= 15 is 0 Å². The molecule has 0 aromatic carbocycles. The Morgan fingerprint density at radius 2 is 0.814 bits per heavy atom. The predicted octanol–water partition coefficient (Wildman–Crippen LogP) is 9.77. The molecule has 0 bridgehead atoms. The summed E-state index contributed by atoms with van der Waals surface area (Å²) >= 11 is 0. The van der Waals surface area contributed by atoms with Gasteiger partial charge in [-0.2, -0.15) is 0 Å².